The van der Waals surface area contributed by atoms with E-state index in [9.17, 15) is 4.39 Å². The lowest BCUT2D eigenvalue weighted by atomic mass is 10.2. The smallest absolute Gasteiger partial charge is 0.180 e. The van der Waals surface area contributed by atoms with Crippen LogP contribution in [0.2, 0.25) is 0 Å². The number of nitrogens with zero attached hydrogens (tertiary/aromatic N) is 2. The Balaban J connectivity index is 2.62. The van der Waals surface area contributed by atoms with Gasteiger partial charge in [0.25, 0.3) is 0 Å². The third-order valence-corrected chi connectivity index (χ3v) is 2.17. The molecule has 0 saturated carbocycles. The summed E-state index contributed by atoms with van der Waals surface area (Å²) in [5.74, 6) is 0.559. The quantitative estimate of drug-likeness (QED) is 0.487. The van der Waals surface area contributed by atoms with E-state index >= 15 is 0 Å². The van der Waals surface area contributed by atoms with Gasteiger partial charge in [0.2, 0.25) is 0 Å². The Bertz CT molecular complexity index is 377. The van der Waals surface area contributed by atoms with Crippen LogP contribution in [0.5, 0.6) is 0 Å². The van der Waals surface area contributed by atoms with Gasteiger partial charge in [0, 0.05) is 0 Å². The van der Waals surface area contributed by atoms with Gasteiger partial charge in [0.15, 0.2) is 5.17 Å². The number of nitrogens with two attached hydrogens (primary N) is 1. The van der Waals surface area contributed by atoms with Crippen molar-refractivity contribution < 1.29 is 4.39 Å². The van der Waals surface area contributed by atoms with Crippen molar-refractivity contribution >= 4 is 23.1 Å². The normalized spacial score (nSPS) is 12.3. The summed E-state index contributed by atoms with van der Waals surface area (Å²) in [6, 6.07) is 6.11. The fourth-order valence-electron chi connectivity index (χ4n) is 0.916. The van der Waals surface area contributed by atoms with Crippen LogP contribution in [0.3, 0.4) is 0 Å². The molecule has 0 aliphatic rings. The summed E-state index contributed by atoms with van der Waals surface area (Å²) in [6.07, 6.45) is 1.46. The molecule has 0 spiro atoms. The first-order chi connectivity index (χ1) is 7.22. The van der Waals surface area contributed by atoms with Gasteiger partial charge < -0.3 is 5.73 Å². The van der Waals surface area contributed by atoms with Crippen molar-refractivity contribution in [3.8, 4) is 0 Å². The fraction of sp³-hybridized carbons (Fsp3) is 0.200. The summed E-state index contributed by atoms with van der Waals surface area (Å²) in [5.41, 5.74) is 6.16. The van der Waals surface area contributed by atoms with Crippen LogP contribution in [0.1, 0.15) is 12.5 Å². The molecule has 0 aliphatic heterocycles. The molecule has 0 fully saturated rings. The Morgan fingerprint density at radius 2 is 2.40 bits per heavy atom. The first-order valence-corrected chi connectivity index (χ1v) is 5.46. The van der Waals surface area contributed by atoms with E-state index in [0.717, 1.165) is 5.75 Å². The highest BCUT2D eigenvalue weighted by molar-refractivity contribution is 8.13. The zero-order valence-electron chi connectivity index (χ0n) is 8.35. The van der Waals surface area contributed by atoms with Gasteiger partial charge in [-0.05, 0) is 23.4 Å². The zero-order chi connectivity index (χ0) is 11.1. The van der Waals surface area contributed by atoms with Crippen LogP contribution in [0.4, 0.5) is 4.39 Å². The van der Waals surface area contributed by atoms with E-state index in [1.807, 2.05) is 6.92 Å². The Kier molecular flexibility index (Phi) is 4.83. The van der Waals surface area contributed by atoms with Gasteiger partial charge in [0.05, 0.1) is 6.21 Å². The summed E-state index contributed by atoms with van der Waals surface area (Å²) in [6.45, 7) is 1.98. The maximum Gasteiger partial charge on any atom is 0.180 e. The van der Waals surface area contributed by atoms with Crippen LogP contribution >= 0.6 is 11.8 Å². The minimum absolute atomic E-state index is 0.293. The highest BCUT2D eigenvalue weighted by Crippen LogP contribution is 2.01. The molecule has 0 amide bonds. The lowest BCUT2D eigenvalue weighted by molar-refractivity contribution is 0.627. The minimum Gasteiger partial charge on any atom is -0.377 e. The second kappa shape index (κ2) is 6.19. The number of thioether (sulfide) groups is 1. The average molecular weight is 225 g/mol. The van der Waals surface area contributed by atoms with E-state index < -0.39 is 0 Å². The maximum atomic E-state index is 12.7. The summed E-state index contributed by atoms with van der Waals surface area (Å²) < 4.78 is 12.7. The van der Waals surface area contributed by atoms with Crippen LogP contribution in [-0.2, 0) is 0 Å². The van der Waals surface area contributed by atoms with Gasteiger partial charge in [-0.25, -0.2) is 4.39 Å². The van der Waals surface area contributed by atoms with Crippen LogP contribution in [0, 0.1) is 5.82 Å². The van der Waals surface area contributed by atoms with Gasteiger partial charge in [-0.2, -0.15) is 5.10 Å². The molecule has 0 unspecified atom stereocenters. The Morgan fingerprint density at radius 3 is 3.07 bits per heavy atom. The first-order valence-electron chi connectivity index (χ1n) is 4.47. The third-order valence-electron chi connectivity index (χ3n) is 1.50. The predicted octanol–water partition coefficient (Wildman–Crippen LogP) is 2.23. The zero-order valence-corrected chi connectivity index (χ0v) is 9.17. The number of hydrogen-bond donors (Lipinski definition) is 1. The minimum atomic E-state index is -0.293. The summed E-state index contributed by atoms with van der Waals surface area (Å²) >= 11 is 1.41. The van der Waals surface area contributed by atoms with Gasteiger partial charge in [-0.3, -0.25) is 0 Å². The van der Waals surface area contributed by atoms with E-state index in [0.29, 0.717) is 10.7 Å². The molecule has 0 atom stereocenters. The van der Waals surface area contributed by atoms with Crippen molar-refractivity contribution in [2.75, 3.05) is 5.75 Å². The molecule has 1 aromatic rings. The van der Waals surface area contributed by atoms with E-state index in [1.54, 1.807) is 12.1 Å². The molecular formula is C10H12FN3S. The van der Waals surface area contributed by atoms with E-state index in [2.05, 4.69) is 10.2 Å². The molecule has 0 heterocycles. The number of benzene rings is 1. The van der Waals surface area contributed by atoms with Crippen LogP contribution in [0.15, 0.2) is 34.5 Å². The summed E-state index contributed by atoms with van der Waals surface area (Å²) in [4.78, 5) is 0. The predicted molar refractivity (Wildman–Crippen MR) is 63.7 cm³/mol. The molecular weight excluding hydrogens is 213 g/mol. The largest absolute Gasteiger partial charge is 0.377 e. The van der Waals surface area contributed by atoms with Crippen molar-refractivity contribution in [1.82, 2.24) is 0 Å². The van der Waals surface area contributed by atoms with Gasteiger partial charge in [-0.15, -0.1) is 5.10 Å². The van der Waals surface area contributed by atoms with Crippen molar-refractivity contribution in [3.63, 3.8) is 0 Å². The highest BCUT2D eigenvalue weighted by atomic mass is 32.2. The second-order valence-electron chi connectivity index (χ2n) is 2.67. The van der Waals surface area contributed by atoms with Crippen molar-refractivity contribution in [3.05, 3.63) is 35.6 Å². The molecule has 1 aromatic carbocycles. The van der Waals surface area contributed by atoms with E-state index in [-0.39, 0.29) is 5.82 Å². The lowest BCUT2D eigenvalue weighted by Gasteiger charge is -1.93. The van der Waals surface area contributed by atoms with Crippen molar-refractivity contribution in [2.24, 2.45) is 15.9 Å². The van der Waals surface area contributed by atoms with Crippen LogP contribution in [0.25, 0.3) is 0 Å². The summed E-state index contributed by atoms with van der Waals surface area (Å²) in [5, 5.41) is 7.90. The van der Waals surface area contributed by atoms with Crippen LogP contribution < -0.4 is 5.73 Å². The molecule has 0 bridgehead atoms. The second-order valence-corrected chi connectivity index (χ2v) is 3.96. The molecule has 0 saturated heterocycles. The van der Waals surface area contributed by atoms with E-state index in [4.69, 9.17) is 5.73 Å². The van der Waals surface area contributed by atoms with Crippen LogP contribution in [-0.4, -0.2) is 17.1 Å². The lowest BCUT2D eigenvalue weighted by Crippen LogP contribution is -2.05. The number of halogens is 1. The first kappa shape index (κ1) is 11.7. The molecule has 5 heteroatoms. The molecule has 80 valence electrons. The molecule has 0 aromatic heterocycles. The Hall–Kier alpha value is -1.36. The molecule has 3 nitrogen and oxygen atoms in total. The van der Waals surface area contributed by atoms with Crippen molar-refractivity contribution in [1.29, 1.82) is 0 Å². The topological polar surface area (TPSA) is 50.7 Å². The number of hydrogen-bond acceptors (Lipinski definition) is 3. The third kappa shape index (κ3) is 4.60. The van der Waals surface area contributed by atoms with E-state index in [1.165, 1.54) is 30.1 Å². The highest BCUT2D eigenvalue weighted by Gasteiger charge is 1.91. The maximum absolute atomic E-state index is 12.7. The summed E-state index contributed by atoms with van der Waals surface area (Å²) in [7, 11) is 0. The molecule has 15 heavy (non-hydrogen) atoms. The molecule has 0 radical (unpaired) electrons. The molecule has 0 aliphatic carbocycles. The Morgan fingerprint density at radius 1 is 1.60 bits per heavy atom. The fourth-order valence-corrected chi connectivity index (χ4v) is 1.32. The molecule has 2 N–H and O–H groups in total. The average Bonchev–Trinajstić information content (AvgIpc) is 2.18. The standard InChI is InChI=1S/C10H12FN3S/c1-2-15-10(12)14-13-7-8-4-3-5-9(11)6-8/h3-7H,2H2,1H3,(H2,12,14)/b13-7+. The van der Waals surface area contributed by atoms with Gasteiger partial charge >= 0.3 is 0 Å². The SMILES string of the molecule is CCS/C(N)=N/N=C/c1cccc(F)c1. The van der Waals surface area contributed by atoms with Gasteiger partial charge in [-0.1, -0.05) is 30.8 Å². The monoisotopic (exact) mass is 225 g/mol. The number of amidine groups is 1. The van der Waals surface area contributed by atoms with Crippen molar-refractivity contribution in [2.45, 2.75) is 6.92 Å². The Labute approximate surface area is 92.3 Å². The van der Waals surface area contributed by atoms with Gasteiger partial charge in [0.1, 0.15) is 5.82 Å². The number of rotatable bonds is 3. The molecule has 1 rings (SSSR count).